The largest absolute Gasteiger partial charge is 0.380 e. The lowest BCUT2D eigenvalue weighted by Gasteiger charge is -2.14. The summed E-state index contributed by atoms with van der Waals surface area (Å²) in [5, 5.41) is 4.05. The standard InChI is InChI=1S/C11H18ClN3O3S/c1-18-10-3-6-15(8-10)19(16,17)11-7-13-14(9-11)5-2-4-12/h7,9-10H,2-6,8H2,1H3. The first-order valence-corrected chi connectivity index (χ1v) is 8.16. The summed E-state index contributed by atoms with van der Waals surface area (Å²) in [4.78, 5) is 0.235. The maximum absolute atomic E-state index is 12.4. The number of alkyl halides is 1. The molecular formula is C11H18ClN3O3S. The molecular weight excluding hydrogens is 290 g/mol. The summed E-state index contributed by atoms with van der Waals surface area (Å²) >= 11 is 5.60. The van der Waals surface area contributed by atoms with E-state index in [-0.39, 0.29) is 11.0 Å². The van der Waals surface area contributed by atoms with Gasteiger partial charge in [-0.25, -0.2) is 8.42 Å². The summed E-state index contributed by atoms with van der Waals surface area (Å²) in [5.74, 6) is 0.531. The van der Waals surface area contributed by atoms with E-state index in [1.807, 2.05) is 0 Å². The number of rotatable bonds is 6. The molecule has 1 aliphatic heterocycles. The molecule has 1 atom stereocenters. The van der Waals surface area contributed by atoms with E-state index in [1.54, 1.807) is 18.0 Å². The zero-order chi connectivity index (χ0) is 13.9. The molecule has 0 aliphatic carbocycles. The average molecular weight is 308 g/mol. The lowest BCUT2D eigenvalue weighted by molar-refractivity contribution is 0.115. The maximum atomic E-state index is 12.4. The first-order valence-electron chi connectivity index (χ1n) is 6.19. The molecule has 108 valence electrons. The molecule has 1 saturated heterocycles. The van der Waals surface area contributed by atoms with Crippen LogP contribution in [0.3, 0.4) is 0 Å². The fourth-order valence-electron chi connectivity index (χ4n) is 2.08. The minimum atomic E-state index is -3.45. The Morgan fingerprint density at radius 1 is 1.58 bits per heavy atom. The van der Waals surface area contributed by atoms with E-state index in [1.165, 1.54) is 10.5 Å². The van der Waals surface area contributed by atoms with Crippen LogP contribution in [0.1, 0.15) is 12.8 Å². The average Bonchev–Trinajstić information content (AvgIpc) is 3.05. The minimum absolute atomic E-state index is 0.0129. The molecule has 0 radical (unpaired) electrons. The van der Waals surface area contributed by atoms with Crippen molar-refractivity contribution in [2.75, 3.05) is 26.1 Å². The Kier molecular flexibility index (Phi) is 4.83. The third kappa shape index (κ3) is 3.28. The van der Waals surface area contributed by atoms with Crippen LogP contribution in [0, 0.1) is 0 Å². The number of aromatic nitrogens is 2. The van der Waals surface area contributed by atoms with Crippen molar-refractivity contribution < 1.29 is 13.2 Å². The smallest absolute Gasteiger partial charge is 0.246 e. The molecule has 0 saturated carbocycles. The van der Waals surface area contributed by atoms with Crippen molar-refractivity contribution in [3.05, 3.63) is 12.4 Å². The van der Waals surface area contributed by atoms with E-state index >= 15 is 0 Å². The van der Waals surface area contributed by atoms with Crippen molar-refractivity contribution in [3.63, 3.8) is 0 Å². The zero-order valence-electron chi connectivity index (χ0n) is 10.8. The highest BCUT2D eigenvalue weighted by Gasteiger charge is 2.33. The predicted octanol–water partition coefficient (Wildman–Crippen LogP) is 0.921. The molecule has 2 heterocycles. The lowest BCUT2D eigenvalue weighted by Crippen LogP contribution is -2.29. The van der Waals surface area contributed by atoms with Crippen molar-refractivity contribution >= 4 is 21.6 Å². The van der Waals surface area contributed by atoms with E-state index in [0.717, 1.165) is 12.8 Å². The van der Waals surface area contributed by atoms with Gasteiger partial charge in [0.1, 0.15) is 4.90 Å². The summed E-state index contributed by atoms with van der Waals surface area (Å²) in [6.07, 6.45) is 4.43. The number of sulfonamides is 1. The third-order valence-electron chi connectivity index (χ3n) is 3.21. The molecule has 1 aliphatic rings. The van der Waals surface area contributed by atoms with Gasteiger partial charge in [-0.3, -0.25) is 4.68 Å². The van der Waals surface area contributed by atoms with Gasteiger partial charge in [0.25, 0.3) is 0 Å². The monoisotopic (exact) mass is 307 g/mol. The fraction of sp³-hybridized carbons (Fsp3) is 0.727. The first kappa shape index (κ1) is 14.8. The molecule has 1 unspecified atom stereocenters. The SMILES string of the molecule is COC1CCN(S(=O)(=O)c2cnn(CCCCl)c2)C1. The van der Waals surface area contributed by atoms with Gasteiger partial charge in [0, 0.05) is 38.8 Å². The molecule has 6 nitrogen and oxygen atoms in total. The molecule has 0 amide bonds. The van der Waals surface area contributed by atoms with Gasteiger partial charge in [-0.2, -0.15) is 9.40 Å². The van der Waals surface area contributed by atoms with E-state index in [2.05, 4.69) is 5.10 Å². The van der Waals surface area contributed by atoms with Crippen LogP contribution in [-0.2, 0) is 21.3 Å². The highest BCUT2D eigenvalue weighted by molar-refractivity contribution is 7.89. The molecule has 19 heavy (non-hydrogen) atoms. The van der Waals surface area contributed by atoms with Crippen molar-refractivity contribution in [1.29, 1.82) is 0 Å². The Morgan fingerprint density at radius 3 is 3.00 bits per heavy atom. The minimum Gasteiger partial charge on any atom is -0.380 e. The van der Waals surface area contributed by atoms with Crippen LogP contribution in [0.25, 0.3) is 0 Å². The van der Waals surface area contributed by atoms with E-state index < -0.39 is 10.0 Å². The Labute approximate surface area is 118 Å². The predicted molar refractivity (Wildman–Crippen MR) is 71.7 cm³/mol. The van der Waals surface area contributed by atoms with Crippen LogP contribution < -0.4 is 0 Å². The molecule has 1 fully saturated rings. The zero-order valence-corrected chi connectivity index (χ0v) is 12.4. The molecule has 8 heteroatoms. The second kappa shape index (κ2) is 6.21. The van der Waals surface area contributed by atoms with Crippen molar-refractivity contribution in [2.24, 2.45) is 0 Å². The van der Waals surface area contributed by atoms with E-state index in [4.69, 9.17) is 16.3 Å². The summed E-state index contributed by atoms with van der Waals surface area (Å²) in [5.41, 5.74) is 0. The Hall–Kier alpha value is -0.630. The molecule has 0 spiro atoms. The van der Waals surface area contributed by atoms with Gasteiger partial charge in [-0.1, -0.05) is 0 Å². The summed E-state index contributed by atoms with van der Waals surface area (Å²) < 4.78 is 33.0. The molecule has 1 aromatic rings. The van der Waals surface area contributed by atoms with Gasteiger partial charge in [-0.15, -0.1) is 11.6 Å². The van der Waals surface area contributed by atoms with Crippen molar-refractivity contribution in [1.82, 2.24) is 14.1 Å². The highest BCUT2D eigenvalue weighted by Crippen LogP contribution is 2.21. The van der Waals surface area contributed by atoms with Gasteiger partial charge in [-0.05, 0) is 12.8 Å². The molecule has 1 aromatic heterocycles. The number of halogens is 1. The molecule has 0 aromatic carbocycles. The van der Waals surface area contributed by atoms with Gasteiger partial charge < -0.3 is 4.74 Å². The Morgan fingerprint density at radius 2 is 2.37 bits per heavy atom. The Bertz CT molecular complexity index is 517. The Balaban J connectivity index is 2.09. The molecule has 2 rings (SSSR count). The van der Waals surface area contributed by atoms with Crippen LogP contribution >= 0.6 is 11.6 Å². The normalized spacial score (nSPS) is 21.1. The van der Waals surface area contributed by atoms with Crippen LogP contribution in [0.4, 0.5) is 0 Å². The maximum Gasteiger partial charge on any atom is 0.246 e. The fourth-order valence-corrected chi connectivity index (χ4v) is 3.64. The lowest BCUT2D eigenvalue weighted by atomic mass is 10.3. The van der Waals surface area contributed by atoms with Gasteiger partial charge in [0.2, 0.25) is 10.0 Å². The number of methoxy groups -OCH3 is 1. The molecule has 0 N–H and O–H groups in total. The van der Waals surface area contributed by atoms with Crippen LogP contribution in [0.2, 0.25) is 0 Å². The summed E-state index contributed by atoms with van der Waals surface area (Å²) in [6, 6.07) is 0. The van der Waals surface area contributed by atoms with Gasteiger partial charge >= 0.3 is 0 Å². The second-order valence-corrected chi connectivity index (χ2v) is 6.81. The van der Waals surface area contributed by atoms with Gasteiger partial charge in [0.15, 0.2) is 0 Å². The second-order valence-electron chi connectivity index (χ2n) is 4.49. The quantitative estimate of drug-likeness (QED) is 0.733. The number of nitrogens with zero attached hydrogens (tertiary/aromatic N) is 3. The van der Waals surface area contributed by atoms with E-state index in [9.17, 15) is 8.42 Å². The first-order chi connectivity index (χ1) is 9.07. The number of aryl methyl sites for hydroxylation is 1. The van der Waals surface area contributed by atoms with Crippen LogP contribution in [-0.4, -0.2) is 54.7 Å². The topological polar surface area (TPSA) is 64.4 Å². The summed E-state index contributed by atoms with van der Waals surface area (Å²) in [7, 11) is -1.85. The third-order valence-corrected chi connectivity index (χ3v) is 5.29. The number of hydrogen-bond acceptors (Lipinski definition) is 4. The van der Waals surface area contributed by atoms with Gasteiger partial charge in [0.05, 0.1) is 12.3 Å². The molecule has 0 bridgehead atoms. The van der Waals surface area contributed by atoms with Crippen molar-refractivity contribution in [2.45, 2.75) is 30.4 Å². The highest BCUT2D eigenvalue weighted by atomic mass is 35.5. The summed E-state index contributed by atoms with van der Waals surface area (Å²) in [6.45, 7) is 1.53. The number of hydrogen-bond donors (Lipinski definition) is 0. The van der Waals surface area contributed by atoms with E-state index in [0.29, 0.717) is 25.5 Å². The van der Waals surface area contributed by atoms with Crippen molar-refractivity contribution in [3.8, 4) is 0 Å². The number of ether oxygens (including phenoxy) is 1. The van der Waals surface area contributed by atoms with Crippen LogP contribution in [0.15, 0.2) is 17.3 Å². The van der Waals surface area contributed by atoms with Crippen LogP contribution in [0.5, 0.6) is 0 Å².